The van der Waals surface area contributed by atoms with E-state index in [4.69, 9.17) is 4.74 Å². The third-order valence-electron chi connectivity index (χ3n) is 4.67. The molecule has 0 radical (unpaired) electrons. The lowest BCUT2D eigenvalue weighted by atomic mass is 10.1. The van der Waals surface area contributed by atoms with Gasteiger partial charge >= 0.3 is 0 Å². The first-order valence-corrected chi connectivity index (χ1v) is 9.06. The molecule has 1 aliphatic heterocycles. The molecule has 1 saturated heterocycles. The van der Waals surface area contributed by atoms with E-state index in [0.29, 0.717) is 17.9 Å². The van der Waals surface area contributed by atoms with Crippen LogP contribution in [0.25, 0.3) is 0 Å². The number of β-amino-alcohol motifs (C(OH)–C–C–N with tert-alkyl or cyclic N) is 1. The van der Waals surface area contributed by atoms with Crippen molar-refractivity contribution in [1.29, 1.82) is 0 Å². The average Bonchev–Trinajstić information content (AvgIpc) is 2.68. The zero-order valence-corrected chi connectivity index (χ0v) is 15.2. The monoisotopic (exact) mass is 354 g/mol. The summed E-state index contributed by atoms with van der Waals surface area (Å²) in [7, 11) is 0. The second-order valence-electron chi connectivity index (χ2n) is 6.67. The highest BCUT2D eigenvalue weighted by molar-refractivity contribution is 5.94. The van der Waals surface area contributed by atoms with E-state index in [1.807, 2.05) is 6.07 Å². The largest absolute Gasteiger partial charge is 0.491 e. The van der Waals surface area contributed by atoms with Gasteiger partial charge in [-0.15, -0.1) is 0 Å². The molecule has 2 aromatic carbocycles. The van der Waals surface area contributed by atoms with Crippen LogP contribution in [0, 0.1) is 0 Å². The standard InChI is InChI=1S/C21H26N2O3/c1-17(24)18-7-9-21(10-8-18)26-16-20(25)15-22-11-13-23(14-12-22)19-5-3-2-4-6-19/h2-10,20,25H,11-16H2,1H3. The maximum Gasteiger partial charge on any atom is 0.159 e. The van der Waals surface area contributed by atoms with Gasteiger partial charge in [0.25, 0.3) is 0 Å². The van der Waals surface area contributed by atoms with Crippen LogP contribution in [0.15, 0.2) is 54.6 Å². The van der Waals surface area contributed by atoms with Crippen LogP contribution in [0.2, 0.25) is 0 Å². The van der Waals surface area contributed by atoms with Crippen molar-refractivity contribution in [2.24, 2.45) is 0 Å². The van der Waals surface area contributed by atoms with E-state index in [9.17, 15) is 9.90 Å². The van der Waals surface area contributed by atoms with Crippen molar-refractivity contribution in [3.8, 4) is 5.75 Å². The SMILES string of the molecule is CC(=O)c1ccc(OCC(O)CN2CCN(c3ccccc3)CC2)cc1. The van der Waals surface area contributed by atoms with Crippen LogP contribution in [0.1, 0.15) is 17.3 Å². The number of benzene rings is 2. The summed E-state index contributed by atoms with van der Waals surface area (Å²) in [5.74, 6) is 0.703. The number of nitrogens with zero attached hydrogens (tertiary/aromatic N) is 2. The Morgan fingerprint density at radius 2 is 1.69 bits per heavy atom. The normalized spacial score (nSPS) is 16.3. The van der Waals surface area contributed by atoms with Crippen LogP contribution < -0.4 is 9.64 Å². The third kappa shape index (κ3) is 5.07. The van der Waals surface area contributed by atoms with Gasteiger partial charge in [0, 0.05) is 44.0 Å². The van der Waals surface area contributed by atoms with Gasteiger partial charge in [-0.25, -0.2) is 0 Å². The Labute approximate surface area is 154 Å². The minimum atomic E-state index is -0.536. The molecule has 2 aromatic rings. The molecule has 138 valence electrons. The Hall–Kier alpha value is -2.37. The van der Waals surface area contributed by atoms with Crippen LogP contribution in [0.5, 0.6) is 5.75 Å². The summed E-state index contributed by atoms with van der Waals surface area (Å²) in [6.45, 7) is 6.18. The lowest BCUT2D eigenvalue weighted by Crippen LogP contribution is -2.49. The Balaban J connectivity index is 1.40. The summed E-state index contributed by atoms with van der Waals surface area (Å²) >= 11 is 0. The molecule has 5 nitrogen and oxygen atoms in total. The Kier molecular flexibility index (Phi) is 6.26. The van der Waals surface area contributed by atoms with Gasteiger partial charge < -0.3 is 14.7 Å². The molecule has 1 heterocycles. The van der Waals surface area contributed by atoms with Crippen molar-refractivity contribution in [2.45, 2.75) is 13.0 Å². The van der Waals surface area contributed by atoms with Gasteiger partial charge in [-0.2, -0.15) is 0 Å². The molecule has 0 amide bonds. The number of anilines is 1. The first-order valence-electron chi connectivity index (χ1n) is 9.06. The van der Waals surface area contributed by atoms with E-state index >= 15 is 0 Å². The number of piperazine rings is 1. The number of carbonyl (C=O) groups excluding carboxylic acids is 1. The summed E-state index contributed by atoms with van der Waals surface area (Å²) in [5.41, 5.74) is 1.92. The van der Waals surface area contributed by atoms with Gasteiger partial charge in [-0.05, 0) is 43.3 Å². The van der Waals surface area contributed by atoms with Crippen LogP contribution in [0.3, 0.4) is 0 Å². The van der Waals surface area contributed by atoms with Crippen molar-refractivity contribution in [1.82, 2.24) is 4.90 Å². The average molecular weight is 354 g/mol. The fraction of sp³-hybridized carbons (Fsp3) is 0.381. The highest BCUT2D eigenvalue weighted by atomic mass is 16.5. The first kappa shape index (κ1) is 18.4. The smallest absolute Gasteiger partial charge is 0.159 e. The lowest BCUT2D eigenvalue weighted by Gasteiger charge is -2.36. The number of rotatable bonds is 7. The fourth-order valence-electron chi connectivity index (χ4n) is 3.16. The topological polar surface area (TPSA) is 53.0 Å². The summed E-state index contributed by atoms with van der Waals surface area (Å²) in [6.07, 6.45) is -0.536. The van der Waals surface area contributed by atoms with Crippen molar-refractivity contribution in [3.63, 3.8) is 0 Å². The maximum atomic E-state index is 11.3. The molecule has 1 aliphatic rings. The second-order valence-corrected chi connectivity index (χ2v) is 6.67. The zero-order chi connectivity index (χ0) is 18.4. The molecule has 1 atom stereocenters. The molecule has 5 heteroatoms. The highest BCUT2D eigenvalue weighted by Crippen LogP contribution is 2.16. The number of ether oxygens (including phenoxy) is 1. The Bertz CT molecular complexity index is 695. The molecule has 1 N–H and O–H groups in total. The minimum absolute atomic E-state index is 0.0335. The predicted molar refractivity (Wildman–Crippen MR) is 103 cm³/mol. The molecule has 1 fully saturated rings. The van der Waals surface area contributed by atoms with E-state index in [2.05, 4.69) is 34.1 Å². The molecule has 0 spiro atoms. The lowest BCUT2D eigenvalue weighted by molar-refractivity contribution is 0.0663. The van der Waals surface area contributed by atoms with Crippen molar-refractivity contribution in [3.05, 3.63) is 60.2 Å². The number of hydrogen-bond acceptors (Lipinski definition) is 5. The van der Waals surface area contributed by atoms with Crippen LogP contribution in [0.4, 0.5) is 5.69 Å². The number of ketones is 1. The van der Waals surface area contributed by atoms with Gasteiger partial charge in [0.2, 0.25) is 0 Å². The van der Waals surface area contributed by atoms with Gasteiger partial charge in [-0.1, -0.05) is 18.2 Å². The molecule has 0 aromatic heterocycles. The van der Waals surface area contributed by atoms with Crippen molar-refractivity contribution < 1.29 is 14.6 Å². The second kappa shape index (κ2) is 8.83. The Morgan fingerprint density at radius 3 is 2.31 bits per heavy atom. The predicted octanol–water partition coefficient (Wildman–Crippen LogP) is 2.45. The van der Waals surface area contributed by atoms with Gasteiger partial charge in [-0.3, -0.25) is 9.69 Å². The molecular formula is C21H26N2O3. The minimum Gasteiger partial charge on any atom is -0.491 e. The van der Waals surface area contributed by atoms with Gasteiger partial charge in [0.05, 0.1) is 0 Å². The number of carbonyl (C=O) groups is 1. The summed E-state index contributed by atoms with van der Waals surface area (Å²) in [5, 5.41) is 10.3. The van der Waals surface area contributed by atoms with Gasteiger partial charge in [0.15, 0.2) is 5.78 Å². The molecular weight excluding hydrogens is 328 g/mol. The van der Waals surface area contributed by atoms with E-state index in [-0.39, 0.29) is 12.4 Å². The Morgan fingerprint density at radius 1 is 1.04 bits per heavy atom. The van der Waals surface area contributed by atoms with Crippen LogP contribution in [-0.2, 0) is 0 Å². The number of aliphatic hydroxyl groups excluding tert-OH is 1. The fourth-order valence-corrected chi connectivity index (χ4v) is 3.16. The van der Waals surface area contributed by atoms with Crippen molar-refractivity contribution >= 4 is 11.5 Å². The summed E-state index contributed by atoms with van der Waals surface area (Å²) in [6, 6.07) is 17.4. The molecule has 26 heavy (non-hydrogen) atoms. The number of hydrogen-bond donors (Lipinski definition) is 1. The van der Waals surface area contributed by atoms with Crippen LogP contribution in [-0.4, -0.2) is 61.2 Å². The summed E-state index contributed by atoms with van der Waals surface area (Å²) in [4.78, 5) is 15.9. The molecule has 0 bridgehead atoms. The van der Waals surface area contributed by atoms with E-state index < -0.39 is 6.10 Å². The number of Topliss-reactive ketones (excluding diaryl/α,β-unsaturated/α-hetero) is 1. The first-order chi connectivity index (χ1) is 12.6. The summed E-state index contributed by atoms with van der Waals surface area (Å²) < 4.78 is 5.64. The van der Waals surface area contributed by atoms with E-state index in [1.54, 1.807) is 24.3 Å². The molecule has 1 unspecified atom stereocenters. The van der Waals surface area contributed by atoms with Crippen molar-refractivity contribution in [2.75, 3.05) is 44.2 Å². The van der Waals surface area contributed by atoms with E-state index in [1.165, 1.54) is 12.6 Å². The molecule has 3 rings (SSSR count). The molecule has 0 saturated carbocycles. The number of para-hydroxylation sites is 1. The maximum absolute atomic E-state index is 11.3. The quantitative estimate of drug-likeness (QED) is 0.774. The highest BCUT2D eigenvalue weighted by Gasteiger charge is 2.19. The van der Waals surface area contributed by atoms with E-state index in [0.717, 1.165) is 26.2 Å². The third-order valence-corrected chi connectivity index (χ3v) is 4.67. The zero-order valence-electron chi connectivity index (χ0n) is 15.2. The molecule has 0 aliphatic carbocycles. The number of aliphatic hydroxyl groups is 1. The van der Waals surface area contributed by atoms with Gasteiger partial charge in [0.1, 0.15) is 18.5 Å². The van der Waals surface area contributed by atoms with Crippen LogP contribution >= 0.6 is 0 Å².